The van der Waals surface area contributed by atoms with Crippen LogP contribution in [0.25, 0.3) is 0 Å². The first kappa shape index (κ1) is 11.7. The predicted octanol–water partition coefficient (Wildman–Crippen LogP) is 4.69. The standard InChI is InChI=1S/C13H14BrNS/c1-2-10-5-3-4-6-13(10)15-8-12-7-11(14)9-16-12/h3-7,9,15H,2,8H2,1H3. The lowest BCUT2D eigenvalue weighted by Crippen LogP contribution is -2.00. The van der Waals surface area contributed by atoms with Crippen LogP contribution in [-0.2, 0) is 13.0 Å². The molecule has 0 bridgehead atoms. The van der Waals surface area contributed by atoms with Crippen molar-refractivity contribution in [2.24, 2.45) is 0 Å². The van der Waals surface area contributed by atoms with Crippen molar-refractivity contribution in [2.45, 2.75) is 19.9 Å². The van der Waals surface area contributed by atoms with E-state index in [1.165, 1.54) is 16.1 Å². The zero-order valence-corrected chi connectivity index (χ0v) is 11.6. The number of hydrogen-bond acceptors (Lipinski definition) is 2. The van der Waals surface area contributed by atoms with Crippen LogP contribution in [0.5, 0.6) is 0 Å². The molecule has 0 unspecified atom stereocenters. The van der Waals surface area contributed by atoms with Gasteiger partial charge >= 0.3 is 0 Å². The molecule has 0 amide bonds. The van der Waals surface area contributed by atoms with Gasteiger partial charge in [0.15, 0.2) is 0 Å². The van der Waals surface area contributed by atoms with E-state index < -0.39 is 0 Å². The lowest BCUT2D eigenvalue weighted by atomic mass is 10.1. The van der Waals surface area contributed by atoms with Gasteiger partial charge in [-0.1, -0.05) is 25.1 Å². The minimum atomic E-state index is 0.896. The number of thiophene rings is 1. The molecule has 0 aliphatic carbocycles. The van der Waals surface area contributed by atoms with Gasteiger partial charge in [0, 0.05) is 27.0 Å². The van der Waals surface area contributed by atoms with Crippen molar-refractivity contribution in [2.75, 3.05) is 5.32 Å². The van der Waals surface area contributed by atoms with Crippen LogP contribution in [0, 0.1) is 0 Å². The monoisotopic (exact) mass is 295 g/mol. The van der Waals surface area contributed by atoms with Gasteiger partial charge < -0.3 is 5.32 Å². The number of para-hydroxylation sites is 1. The second-order valence-electron chi connectivity index (χ2n) is 3.60. The minimum Gasteiger partial charge on any atom is -0.380 e. The summed E-state index contributed by atoms with van der Waals surface area (Å²) in [7, 11) is 0. The molecule has 0 radical (unpaired) electrons. The molecule has 0 saturated heterocycles. The first-order chi connectivity index (χ1) is 7.79. The SMILES string of the molecule is CCc1ccccc1NCc1cc(Br)cs1. The van der Waals surface area contributed by atoms with E-state index in [9.17, 15) is 0 Å². The quantitative estimate of drug-likeness (QED) is 0.863. The molecule has 1 aromatic carbocycles. The number of aryl methyl sites for hydroxylation is 1. The Kier molecular flexibility index (Phi) is 4.02. The number of hydrogen-bond donors (Lipinski definition) is 1. The highest BCUT2D eigenvalue weighted by Crippen LogP contribution is 2.22. The van der Waals surface area contributed by atoms with E-state index in [0.717, 1.165) is 17.4 Å². The number of benzene rings is 1. The normalized spacial score (nSPS) is 10.4. The topological polar surface area (TPSA) is 12.0 Å². The summed E-state index contributed by atoms with van der Waals surface area (Å²) >= 11 is 5.24. The summed E-state index contributed by atoms with van der Waals surface area (Å²) < 4.78 is 1.16. The minimum absolute atomic E-state index is 0.896. The number of halogens is 1. The zero-order chi connectivity index (χ0) is 11.4. The van der Waals surface area contributed by atoms with Gasteiger partial charge in [-0.25, -0.2) is 0 Å². The van der Waals surface area contributed by atoms with Gasteiger partial charge in [-0.2, -0.15) is 0 Å². The summed E-state index contributed by atoms with van der Waals surface area (Å²) in [4.78, 5) is 1.35. The van der Waals surface area contributed by atoms with Crippen LogP contribution in [-0.4, -0.2) is 0 Å². The Morgan fingerprint density at radius 3 is 2.81 bits per heavy atom. The van der Waals surface area contributed by atoms with Gasteiger partial charge in [-0.3, -0.25) is 0 Å². The second kappa shape index (κ2) is 5.51. The van der Waals surface area contributed by atoms with E-state index in [-0.39, 0.29) is 0 Å². The van der Waals surface area contributed by atoms with E-state index >= 15 is 0 Å². The van der Waals surface area contributed by atoms with Crippen molar-refractivity contribution in [3.8, 4) is 0 Å². The van der Waals surface area contributed by atoms with Crippen LogP contribution >= 0.6 is 27.3 Å². The highest BCUT2D eigenvalue weighted by molar-refractivity contribution is 9.10. The smallest absolute Gasteiger partial charge is 0.0494 e. The number of anilines is 1. The molecule has 3 heteroatoms. The third-order valence-corrected chi connectivity index (χ3v) is 4.17. The van der Waals surface area contributed by atoms with Crippen LogP contribution in [0.2, 0.25) is 0 Å². The molecule has 84 valence electrons. The average molecular weight is 296 g/mol. The molecule has 1 N–H and O–H groups in total. The Labute approximate surface area is 109 Å². The van der Waals surface area contributed by atoms with Crippen LogP contribution in [0.4, 0.5) is 5.69 Å². The molecule has 2 rings (SSSR count). The van der Waals surface area contributed by atoms with Gasteiger partial charge in [0.1, 0.15) is 0 Å². The molecule has 0 spiro atoms. The van der Waals surface area contributed by atoms with Gasteiger partial charge in [0.05, 0.1) is 0 Å². The molecule has 1 aromatic heterocycles. The maximum absolute atomic E-state index is 3.48. The number of nitrogens with one attached hydrogen (secondary N) is 1. The van der Waals surface area contributed by atoms with Gasteiger partial charge in [-0.15, -0.1) is 11.3 Å². The van der Waals surface area contributed by atoms with Crippen LogP contribution in [0.15, 0.2) is 40.2 Å². The molecule has 0 saturated carbocycles. The molecular formula is C13H14BrNS. The Bertz CT molecular complexity index is 464. The second-order valence-corrected chi connectivity index (χ2v) is 5.51. The molecule has 16 heavy (non-hydrogen) atoms. The summed E-state index contributed by atoms with van der Waals surface area (Å²) in [5.74, 6) is 0. The molecule has 1 nitrogen and oxygen atoms in total. The van der Waals surface area contributed by atoms with Gasteiger partial charge in [0.2, 0.25) is 0 Å². The fourth-order valence-corrected chi connectivity index (χ4v) is 3.02. The van der Waals surface area contributed by atoms with E-state index in [4.69, 9.17) is 0 Å². The Hall–Kier alpha value is -0.800. The fraction of sp³-hybridized carbons (Fsp3) is 0.231. The van der Waals surface area contributed by atoms with Gasteiger partial charge in [-0.05, 0) is 40.0 Å². The average Bonchev–Trinajstić information content (AvgIpc) is 2.73. The van der Waals surface area contributed by atoms with Crippen molar-refractivity contribution in [3.63, 3.8) is 0 Å². The van der Waals surface area contributed by atoms with Crippen molar-refractivity contribution in [3.05, 3.63) is 50.6 Å². The van der Waals surface area contributed by atoms with Crippen LogP contribution in [0.1, 0.15) is 17.4 Å². The summed E-state index contributed by atoms with van der Waals surface area (Å²) in [5.41, 5.74) is 2.62. The summed E-state index contributed by atoms with van der Waals surface area (Å²) in [5, 5.41) is 5.60. The summed E-state index contributed by atoms with van der Waals surface area (Å²) in [6, 6.07) is 10.6. The highest BCUT2D eigenvalue weighted by Gasteiger charge is 2.00. The Balaban J connectivity index is 2.04. The highest BCUT2D eigenvalue weighted by atomic mass is 79.9. The lowest BCUT2D eigenvalue weighted by Gasteiger charge is -2.09. The van der Waals surface area contributed by atoms with Crippen molar-refractivity contribution >= 4 is 33.0 Å². The lowest BCUT2D eigenvalue weighted by molar-refractivity contribution is 1.11. The largest absolute Gasteiger partial charge is 0.380 e. The number of rotatable bonds is 4. The van der Waals surface area contributed by atoms with Crippen molar-refractivity contribution in [1.82, 2.24) is 0 Å². The van der Waals surface area contributed by atoms with E-state index in [0.29, 0.717) is 0 Å². The summed E-state index contributed by atoms with van der Waals surface area (Å²) in [6.07, 6.45) is 1.07. The van der Waals surface area contributed by atoms with Crippen molar-refractivity contribution in [1.29, 1.82) is 0 Å². The maximum atomic E-state index is 3.48. The third kappa shape index (κ3) is 2.86. The first-order valence-electron chi connectivity index (χ1n) is 5.34. The summed E-state index contributed by atoms with van der Waals surface area (Å²) in [6.45, 7) is 3.08. The van der Waals surface area contributed by atoms with E-state index in [1.54, 1.807) is 11.3 Å². The van der Waals surface area contributed by atoms with E-state index in [2.05, 4.69) is 63.9 Å². The molecule has 2 aromatic rings. The Morgan fingerprint density at radius 1 is 1.31 bits per heavy atom. The molecule has 0 fully saturated rings. The first-order valence-corrected chi connectivity index (χ1v) is 7.01. The molecule has 0 aliphatic rings. The predicted molar refractivity (Wildman–Crippen MR) is 75.2 cm³/mol. The molecule has 1 heterocycles. The van der Waals surface area contributed by atoms with E-state index in [1.807, 2.05) is 0 Å². The van der Waals surface area contributed by atoms with Crippen LogP contribution in [0.3, 0.4) is 0 Å². The maximum Gasteiger partial charge on any atom is 0.0494 e. The van der Waals surface area contributed by atoms with Crippen molar-refractivity contribution < 1.29 is 0 Å². The molecule has 0 aliphatic heterocycles. The molecule has 0 atom stereocenters. The third-order valence-electron chi connectivity index (χ3n) is 2.47. The Morgan fingerprint density at radius 2 is 2.12 bits per heavy atom. The van der Waals surface area contributed by atoms with Crippen LogP contribution < -0.4 is 5.32 Å². The molecular weight excluding hydrogens is 282 g/mol. The zero-order valence-electron chi connectivity index (χ0n) is 9.16. The fourth-order valence-electron chi connectivity index (χ4n) is 1.63. The van der Waals surface area contributed by atoms with Gasteiger partial charge in [0.25, 0.3) is 0 Å².